The van der Waals surface area contributed by atoms with E-state index in [-0.39, 0.29) is 29.3 Å². The maximum atomic E-state index is 11.0. The van der Waals surface area contributed by atoms with Crippen LogP contribution in [0.1, 0.15) is 16.2 Å². The smallest absolute Gasteiger partial charge is 0.338 e. The molecule has 0 bridgehead atoms. The molecule has 2 aromatic rings. The number of aromatic nitrogens is 2. The Morgan fingerprint density at radius 1 is 1.53 bits per heavy atom. The summed E-state index contributed by atoms with van der Waals surface area (Å²) in [7, 11) is 0. The van der Waals surface area contributed by atoms with Crippen molar-refractivity contribution in [2.45, 2.75) is 6.54 Å². The molecule has 0 amide bonds. The number of hydrogen-bond acceptors (Lipinski definition) is 7. The predicted octanol–water partition coefficient (Wildman–Crippen LogP) is 1.29. The minimum absolute atomic E-state index is 0.0155. The van der Waals surface area contributed by atoms with Gasteiger partial charge >= 0.3 is 5.97 Å². The summed E-state index contributed by atoms with van der Waals surface area (Å²) in [5.41, 5.74) is -0.620. The molecule has 0 radical (unpaired) electrons. The summed E-state index contributed by atoms with van der Waals surface area (Å²) >= 11 is 0. The van der Waals surface area contributed by atoms with Gasteiger partial charge in [-0.1, -0.05) is 11.2 Å². The summed E-state index contributed by atoms with van der Waals surface area (Å²) in [6, 6.07) is 3.79. The van der Waals surface area contributed by atoms with Gasteiger partial charge in [-0.05, 0) is 6.07 Å². The summed E-state index contributed by atoms with van der Waals surface area (Å²) in [5, 5.41) is 26.1. The third-order valence-electron chi connectivity index (χ3n) is 2.30. The van der Waals surface area contributed by atoms with Gasteiger partial charge in [-0.2, -0.15) is 4.98 Å². The molecule has 0 aliphatic rings. The molecule has 0 aliphatic heterocycles. The molecule has 9 nitrogen and oxygen atoms in total. The van der Waals surface area contributed by atoms with Gasteiger partial charge in [0.1, 0.15) is 5.69 Å². The lowest BCUT2D eigenvalue weighted by Gasteiger charge is -2.08. The quantitative estimate of drug-likeness (QED) is 0.609. The first kappa shape index (κ1) is 12.5. The van der Waals surface area contributed by atoms with Crippen LogP contribution in [0, 0.1) is 10.1 Å². The number of nitro benzene ring substituents is 1. The van der Waals surface area contributed by atoms with Crippen molar-refractivity contribution in [2.75, 3.05) is 5.32 Å². The van der Waals surface area contributed by atoms with E-state index in [9.17, 15) is 14.9 Å². The van der Waals surface area contributed by atoms with E-state index in [0.717, 1.165) is 6.39 Å². The van der Waals surface area contributed by atoms with Gasteiger partial charge in [-0.25, -0.2) is 4.79 Å². The number of nitrogens with zero attached hydrogens (tertiary/aromatic N) is 3. The van der Waals surface area contributed by atoms with Gasteiger partial charge in [0.25, 0.3) is 5.69 Å². The third kappa shape index (κ3) is 2.65. The molecular formula is C10H8N4O5. The average Bonchev–Trinajstić information content (AvgIpc) is 2.88. The number of benzene rings is 1. The number of carboxylic acid groups (broad SMARTS) is 1. The Morgan fingerprint density at radius 2 is 2.32 bits per heavy atom. The number of nitro groups is 1. The number of carboxylic acids is 1. The second kappa shape index (κ2) is 5.12. The van der Waals surface area contributed by atoms with Crippen molar-refractivity contribution in [1.29, 1.82) is 0 Å². The molecule has 2 N–H and O–H groups in total. The van der Waals surface area contributed by atoms with Gasteiger partial charge < -0.3 is 14.9 Å². The average molecular weight is 264 g/mol. The van der Waals surface area contributed by atoms with Gasteiger partial charge in [-0.15, -0.1) is 0 Å². The number of rotatable bonds is 5. The minimum atomic E-state index is -1.26. The lowest BCUT2D eigenvalue weighted by Crippen LogP contribution is -2.09. The van der Waals surface area contributed by atoms with Crippen molar-refractivity contribution in [3.05, 3.63) is 46.1 Å². The Morgan fingerprint density at radius 3 is 2.89 bits per heavy atom. The third-order valence-corrected chi connectivity index (χ3v) is 2.30. The summed E-state index contributed by atoms with van der Waals surface area (Å²) in [4.78, 5) is 25.0. The van der Waals surface area contributed by atoms with E-state index in [1.807, 2.05) is 0 Å². The molecule has 0 spiro atoms. The van der Waals surface area contributed by atoms with Crippen molar-refractivity contribution in [2.24, 2.45) is 0 Å². The van der Waals surface area contributed by atoms with Crippen LogP contribution in [0.5, 0.6) is 0 Å². The first-order chi connectivity index (χ1) is 9.09. The van der Waals surface area contributed by atoms with E-state index in [2.05, 4.69) is 20.0 Å². The van der Waals surface area contributed by atoms with Crippen LogP contribution < -0.4 is 5.32 Å². The minimum Gasteiger partial charge on any atom is -0.478 e. The molecule has 9 heteroatoms. The van der Waals surface area contributed by atoms with Crippen LogP contribution in [-0.4, -0.2) is 26.1 Å². The molecule has 1 heterocycles. The predicted molar refractivity (Wildman–Crippen MR) is 61.7 cm³/mol. The van der Waals surface area contributed by atoms with Crippen LogP contribution >= 0.6 is 0 Å². The van der Waals surface area contributed by atoms with Gasteiger partial charge in [0.15, 0.2) is 5.82 Å². The second-order valence-corrected chi connectivity index (χ2v) is 3.46. The fraction of sp³-hybridized carbons (Fsp3) is 0.100. The lowest BCUT2D eigenvalue weighted by atomic mass is 10.1. The van der Waals surface area contributed by atoms with Crippen LogP contribution in [-0.2, 0) is 6.54 Å². The van der Waals surface area contributed by atoms with E-state index < -0.39 is 10.9 Å². The topological polar surface area (TPSA) is 131 Å². The normalized spacial score (nSPS) is 10.1. The summed E-state index contributed by atoms with van der Waals surface area (Å²) in [6.07, 6.45) is 1.11. The maximum absolute atomic E-state index is 11.0. The summed E-state index contributed by atoms with van der Waals surface area (Å²) < 4.78 is 4.51. The lowest BCUT2D eigenvalue weighted by molar-refractivity contribution is -0.384. The molecule has 0 atom stereocenters. The molecule has 0 fully saturated rings. The van der Waals surface area contributed by atoms with Crippen molar-refractivity contribution in [1.82, 2.24) is 10.1 Å². The SMILES string of the molecule is O=C(O)c1cccc([N+](=O)[O-])c1NCc1ncon1. The highest BCUT2D eigenvalue weighted by molar-refractivity contribution is 5.96. The molecule has 1 aromatic carbocycles. The molecule has 0 unspecified atom stereocenters. The highest BCUT2D eigenvalue weighted by Crippen LogP contribution is 2.28. The summed E-state index contributed by atoms with van der Waals surface area (Å²) in [6.45, 7) is 0.0155. The van der Waals surface area contributed by atoms with Gasteiger partial charge in [0, 0.05) is 6.07 Å². The molecule has 0 saturated carbocycles. The van der Waals surface area contributed by atoms with Crippen LogP contribution in [0.25, 0.3) is 0 Å². The van der Waals surface area contributed by atoms with Crippen LogP contribution in [0.3, 0.4) is 0 Å². The number of nitrogens with one attached hydrogen (secondary N) is 1. The van der Waals surface area contributed by atoms with E-state index >= 15 is 0 Å². The fourth-order valence-electron chi connectivity index (χ4n) is 1.49. The van der Waals surface area contributed by atoms with Gasteiger partial charge in [0.2, 0.25) is 6.39 Å². The van der Waals surface area contributed by atoms with Crippen LogP contribution in [0.15, 0.2) is 29.1 Å². The second-order valence-electron chi connectivity index (χ2n) is 3.46. The van der Waals surface area contributed by atoms with Gasteiger partial charge in [-0.3, -0.25) is 10.1 Å². The highest BCUT2D eigenvalue weighted by Gasteiger charge is 2.21. The standard InChI is InChI=1S/C10H8N4O5/c15-10(16)6-2-1-3-7(14(17)18)9(6)11-4-8-12-5-19-13-8/h1-3,5,11H,4H2,(H,15,16). The number of hydrogen-bond donors (Lipinski definition) is 2. The first-order valence-electron chi connectivity index (χ1n) is 5.09. The Kier molecular flexibility index (Phi) is 3.37. The Hall–Kier alpha value is -2.97. The zero-order valence-corrected chi connectivity index (χ0v) is 9.44. The fourth-order valence-corrected chi connectivity index (χ4v) is 1.49. The maximum Gasteiger partial charge on any atom is 0.338 e. The number of para-hydroxylation sites is 1. The number of aromatic carboxylic acids is 1. The molecule has 0 aliphatic carbocycles. The van der Waals surface area contributed by atoms with Crippen molar-refractivity contribution in [3.8, 4) is 0 Å². The van der Waals surface area contributed by atoms with Crippen molar-refractivity contribution < 1.29 is 19.3 Å². The Labute approximate surface area is 106 Å². The highest BCUT2D eigenvalue weighted by atomic mass is 16.6. The van der Waals surface area contributed by atoms with E-state index in [0.29, 0.717) is 0 Å². The molecular weight excluding hydrogens is 256 g/mol. The van der Waals surface area contributed by atoms with Crippen molar-refractivity contribution >= 4 is 17.3 Å². The van der Waals surface area contributed by atoms with Crippen molar-refractivity contribution in [3.63, 3.8) is 0 Å². The van der Waals surface area contributed by atoms with Gasteiger partial charge in [0.05, 0.1) is 17.0 Å². The van der Waals surface area contributed by atoms with Crippen LogP contribution in [0.2, 0.25) is 0 Å². The zero-order chi connectivity index (χ0) is 13.8. The molecule has 2 rings (SSSR count). The molecule has 1 aromatic heterocycles. The Balaban J connectivity index is 2.35. The monoisotopic (exact) mass is 264 g/mol. The molecule has 0 saturated heterocycles. The van der Waals surface area contributed by atoms with E-state index in [4.69, 9.17) is 5.11 Å². The molecule has 98 valence electrons. The van der Waals surface area contributed by atoms with E-state index in [1.165, 1.54) is 18.2 Å². The number of carbonyl (C=O) groups is 1. The van der Waals surface area contributed by atoms with E-state index in [1.54, 1.807) is 0 Å². The zero-order valence-electron chi connectivity index (χ0n) is 9.44. The molecule has 19 heavy (non-hydrogen) atoms. The Bertz CT molecular complexity index is 578. The number of anilines is 1. The summed E-state index contributed by atoms with van der Waals surface area (Å²) in [5.74, 6) is -1.01. The largest absolute Gasteiger partial charge is 0.478 e. The van der Waals surface area contributed by atoms with Crippen LogP contribution in [0.4, 0.5) is 11.4 Å². The first-order valence-corrected chi connectivity index (χ1v) is 5.09.